The van der Waals surface area contributed by atoms with E-state index >= 15 is 0 Å². The number of hydrogen-bond acceptors (Lipinski definition) is 4. The largest absolute Gasteiger partial charge is 0.496 e. The highest BCUT2D eigenvalue weighted by Crippen LogP contribution is 2.34. The number of hydrogen-bond donors (Lipinski definition) is 1. The topological polar surface area (TPSA) is 50.8 Å². The molecule has 1 N–H and O–H groups in total. The van der Waals surface area contributed by atoms with Gasteiger partial charge in [0.15, 0.2) is 0 Å². The van der Waals surface area contributed by atoms with E-state index in [1.165, 1.54) is 18.2 Å². The van der Waals surface area contributed by atoms with Crippen molar-refractivity contribution in [1.82, 2.24) is 4.90 Å². The van der Waals surface area contributed by atoms with Crippen molar-refractivity contribution in [3.8, 4) is 11.5 Å². The second kappa shape index (κ2) is 9.41. The molecule has 4 rings (SSSR count). The second-order valence-electron chi connectivity index (χ2n) is 7.64. The van der Waals surface area contributed by atoms with Gasteiger partial charge < -0.3 is 19.7 Å². The quantitative estimate of drug-likeness (QED) is 0.579. The number of nitrogens with one attached hydrogen (secondary N) is 1. The second-order valence-corrected chi connectivity index (χ2v) is 8.05. The highest BCUT2D eigenvalue weighted by molar-refractivity contribution is 6.32. The van der Waals surface area contributed by atoms with Crippen LogP contribution in [0.1, 0.15) is 27.0 Å². The molecular weight excluding hydrogens is 412 g/mol. The number of halogens is 1. The van der Waals surface area contributed by atoms with Crippen LogP contribution in [0.15, 0.2) is 60.7 Å². The molecule has 3 aromatic rings. The van der Waals surface area contributed by atoms with Crippen LogP contribution >= 0.6 is 11.6 Å². The van der Waals surface area contributed by atoms with E-state index in [0.29, 0.717) is 28.7 Å². The standard InChI is InChI=1S/C25H25ClN2O3/c1-28-12-11-19-18(15-28)9-6-10-22(19)27-25(29)20-13-21(26)24(14-23(20)30-2)31-16-17-7-4-3-5-8-17/h3-10,13-14H,11-12,15-16H2,1-2H3,(H,27,29). The van der Waals surface area contributed by atoms with Gasteiger partial charge in [-0.2, -0.15) is 0 Å². The Morgan fingerprint density at radius 1 is 1.10 bits per heavy atom. The van der Waals surface area contributed by atoms with Gasteiger partial charge in [0.25, 0.3) is 5.91 Å². The zero-order valence-corrected chi connectivity index (χ0v) is 18.4. The summed E-state index contributed by atoms with van der Waals surface area (Å²) in [7, 11) is 3.63. The highest BCUT2D eigenvalue weighted by Gasteiger charge is 2.21. The molecule has 31 heavy (non-hydrogen) atoms. The number of nitrogens with zero attached hydrogens (tertiary/aromatic N) is 1. The normalized spacial score (nSPS) is 13.4. The Bertz CT molecular complexity index is 1090. The number of amides is 1. The van der Waals surface area contributed by atoms with E-state index in [4.69, 9.17) is 21.1 Å². The van der Waals surface area contributed by atoms with E-state index in [-0.39, 0.29) is 5.91 Å². The Kier molecular flexibility index (Phi) is 6.44. The monoisotopic (exact) mass is 436 g/mol. The van der Waals surface area contributed by atoms with Crippen molar-refractivity contribution in [3.63, 3.8) is 0 Å². The van der Waals surface area contributed by atoms with Crippen LogP contribution in [0.4, 0.5) is 5.69 Å². The van der Waals surface area contributed by atoms with E-state index in [9.17, 15) is 4.79 Å². The minimum atomic E-state index is -0.263. The molecule has 0 spiro atoms. The summed E-state index contributed by atoms with van der Waals surface area (Å²) in [5.41, 5.74) is 4.64. The molecule has 0 radical (unpaired) electrons. The minimum absolute atomic E-state index is 0.263. The third kappa shape index (κ3) is 4.84. The summed E-state index contributed by atoms with van der Waals surface area (Å²) in [6.45, 7) is 2.21. The summed E-state index contributed by atoms with van der Waals surface area (Å²) < 4.78 is 11.3. The number of fused-ring (bicyclic) bond motifs is 1. The van der Waals surface area contributed by atoms with Crippen LogP contribution in [0.3, 0.4) is 0 Å². The lowest BCUT2D eigenvalue weighted by Gasteiger charge is -2.26. The Hall–Kier alpha value is -3.02. The summed E-state index contributed by atoms with van der Waals surface area (Å²) in [4.78, 5) is 15.4. The fourth-order valence-electron chi connectivity index (χ4n) is 3.78. The molecule has 0 unspecified atom stereocenters. The maximum atomic E-state index is 13.1. The molecule has 0 fully saturated rings. The predicted octanol–water partition coefficient (Wildman–Crippen LogP) is 5.17. The first kappa shape index (κ1) is 21.2. The van der Waals surface area contributed by atoms with Gasteiger partial charge in [-0.15, -0.1) is 0 Å². The number of methoxy groups -OCH3 is 1. The molecule has 5 nitrogen and oxygen atoms in total. The summed E-state index contributed by atoms with van der Waals surface area (Å²) in [5, 5.41) is 3.40. The molecular formula is C25H25ClN2O3. The maximum absolute atomic E-state index is 13.1. The van der Waals surface area contributed by atoms with Gasteiger partial charge in [0, 0.05) is 24.8 Å². The van der Waals surface area contributed by atoms with Crippen LogP contribution in [-0.2, 0) is 19.6 Å². The van der Waals surface area contributed by atoms with Gasteiger partial charge in [-0.1, -0.05) is 54.1 Å². The number of carbonyl (C=O) groups is 1. The van der Waals surface area contributed by atoms with Crippen LogP contribution in [0.2, 0.25) is 5.02 Å². The average molecular weight is 437 g/mol. The zero-order valence-electron chi connectivity index (χ0n) is 17.7. The number of ether oxygens (including phenoxy) is 2. The Labute approximate surface area is 187 Å². The molecule has 1 amide bonds. The molecule has 1 aliphatic heterocycles. The van der Waals surface area contributed by atoms with Gasteiger partial charge in [-0.05, 0) is 42.3 Å². The number of rotatable bonds is 6. The van der Waals surface area contributed by atoms with Crippen LogP contribution in [0, 0.1) is 0 Å². The van der Waals surface area contributed by atoms with Crippen LogP contribution in [-0.4, -0.2) is 31.5 Å². The molecule has 3 aromatic carbocycles. The van der Waals surface area contributed by atoms with E-state index < -0.39 is 0 Å². The van der Waals surface area contributed by atoms with Crippen molar-refractivity contribution in [2.45, 2.75) is 19.6 Å². The maximum Gasteiger partial charge on any atom is 0.259 e. The van der Waals surface area contributed by atoms with Crippen molar-refractivity contribution in [1.29, 1.82) is 0 Å². The van der Waals surface area contributed by atoms with Crippen molar-refractivity contribution in [2.24, 2.45) is 0 Å². The lowest BCUT2D eigenvalue weighted by Crippen LogP contribution is -2.27. The van der Waals surface area contributed by atoms with Crippen LogP contribution < -0.4 is 14.8 Å². The Balaban J connectivity index is 1.55. The number of carbonyl (C=O) groups excluding carboxylic acids is 1. The van der Waals surface area contributed by atoms with Crippen molar-refractivity contribution in [2.75, 3.05) is 26.0 Å². The molecule has 0 aromatic heterocycles. The third-order valence-electron chi connectivity index (χ3n) is 5.44. The summed E-state index contributed by atoms with van der Waals surface area (Å²) in [6, 6.07) is 19.1. The van der Waals surface area contributed by atoms with E-state index in [1.807, 2.05) is 42.5 Å². The first-order valence-electron chi connectivity index (χ1n) is 10.2. The minimum Gasteiger partial charge on any atom is -0.496 e. The Morgan fingerprint density at radius 3 is 2.68 bits per heavy atom. The highest BCUT2D eigenvalue weighted by atomic mass is 35.5. The van der Waals surface area contributed by atoms with Crippen molar-refractivity contribution >= 4 is 23.2 Å². The summed E-state index contributed by atoms with van der Waals surface area (Å²) in [6.07, 6.45) is 0.895. The van der Waals surface area contributed by atoms with Gasteiger partial charge in [-0.25, -0.2) is 0 Å². The van der Waals surface area contributed by atoms with Gasteiger partial charge in [0.1, 0.15) is 18.1 Å². The smallest absolute Gasteiger partial charge is 0.259 e. The molecule has 0 aliphatic carbocycles. The fraction of sp³-hybridized carbons (Fsp3) is 0.240. The average Bonchev–Trinajstić information content (AvgIpc) is 2.78. The zero-order chi connectivity index (χ0) is 21.8. The van der Waals surface area contributed by atoms with Crippen LogP contribution in [0.5, 0.6) is 11.5 Å². The lowest BCUT2D eigenvalue weighted by molar-refractivity contribution is 0.102. The first-order chi connectivity index (χ1) is 15.0. The lowest BCUT2D eigenvalue weighted by atomic mass is 9.98. The summed E-state index contributed by atoms with van der Waals surface area (Å²) >= 11 is 6.44. The fourth-order valence-corrected chi connectivity index (χ4v) is 4.00. The van der Waals surface area contributed by atoms with Gasteiger partial charge in [0.2, 0.25) is 0 Å². The SMILES string of the molecule is COc1cc(OCc2ccccc2)c(Cl)cc1C(=O)Nc1cccc2c1CCN(C)C2. The molecule has 1 heterocycles. The number of anilines is 1. The molecule has 160 valence electrons. The van der Waals surface area contributed by atoms with Crippen LogP contribution in [0.25, 0.3) is 0 Å². The predicted molar refractivity (Wildman–Crippen MR) is 123 cm³/mol. The van der Waals surface area contributed by atoms with E-state index in [0.717, 1.165) is 30.8 Å². The van der Waals surface area contributed by atoms with Gasteiger partial charge in [-0.3, -0.25) is 4.79 Å². The molecule has 6 heteroatoms. The van der Waals surface area contributed by atoms with Crippen molar-refractivity contribution in [3.05, 3.63) is 87.9 Å². The molecule has 0 saturated carbocycles. The molecule has 0 atom stereocenters. The third-order valence-corrected chi connectivity index (χ3v) is 5.74. The number of likely N-dealkylation sites (N-methyl/N-ethyl adjacent to an activating group) is 1. The van der Waals surface area contributed by atoms with Gasteiger partial charge in [0.05, 0.1) is 17.7 Å². The molecule has 0 bridgehead atoms. The van der Waals surface area contributed by atoms with E-state index in [2.05, 4.69) is 23.3 Å². The Morgan fingerprint density at radius 2 is 1.90 bits per heavy atom. The molecule has 1 aliphatic rings. The van der Waals surface area contributed by atoms with Gasteiger partial charge >= 0.3 is 0 Å². The van der Waals surface area contributed by atoms with Crippen molar-refractivity contribution < 1.29 is 14.3 Å². The molecule has 0 saturated heterocycles. The first-order valence-corrected chi connectivity index (χ1v) is 10.6. The summed E-state index contributed by atoms with van der Waals surface area (Å²) in [5.74, 6) is 0.620. The van der Waals surface area contributed by atoms with E-state index in [1.54, 1.807) is 12.1 Å². The number of benzene rings is 3.